The minimum absolute atomic E-state index is 0.109. The van der Waals surface area contributed by atoms with Crippen molar-refractivity contribution in [3.8, 4) is 0 Å². The second-order valence-corrected chi connectivity index (χ2v) is 38.1. The van der Waals surface area contributed by atoms with E-state index in [9.17, 15) is 43.2 Å². The van der Waals surface area contributed by atoms with Crippen LogP contribution in [0.15, 0.2) is 0 Å². The van der Waals surface area contributed by atoms with Crippen molar-refractivity contribution in [1.82, 2.24) is 0 Å². The third-order valence-corrected chi connectivity index (χ3v) is 25.0. The SMILES string of the molecule is CCCCCCCCCCCCCCCCCCCCCCCC(=O)OC[C@H](COP(=O)(O)OC[C@@H](O)COP(=O)(O)OC[C@@H](COC(=O)CCCCCCCCCCCC(C)C)OC(=O)CCCCCCCCCCCCCCCCCCCCCC)OC(=O)CCCCCCCCCCCCCCCCCCCCC(C)CC. The van der Waals surface area contributed by atoms with E-state index in [1.807, 2.05) is 0 Å². The fraction of sp³-hybridized carbons (Fsp3) is 0.958. The number of hydrogen-bond donors (Lipinski definition) is 3. The summed E-state index contributed by atoms with van der Waals surface area (Å²) in [6.07, 6.45) is 83.5. The first-order valence-electron chi connectivity index (χ1n) is 49.5. The lowest BCUT2D eigenvalue weighted by molar-refractivity contribution is -0.161. The van der Waals surface area contributed by atoms with E-state index in [0.717, 1.165) is 102 Å². The Morgan fingerprint density at radius 1 is 0.252 bits per heavy atom. The van der Waals surface area contributed by atoms with Crippen LogP contribution < -0.4 is 0 Å². The Balaban J connectivity index is 5.24. The van der Waals surface area contributed by atoms with Gasteiger partial charge < -0.3 is 33.8 Å². The van der Waals surface area contributed by atoms with Crippen LogP contribution in [0.4, 0.5) is 0 Å². The molecule has 0 spiro atoms. The van der Waals surface area contributed by atoms with E-state index in [0.29, 0.717) is 25.7 Å². The highest BCUT2D eigenvalue weighted by Crippen LogP contribution is 2.45. The number of carbonyl (C=O) groups excluding carboxylic acids is 4. The lowest BCUT2D eigenvalue weighted by Gasteiger charge is -2.21. The fourth-order valence-corrected chi connectivity index (χ4v) is 16.7. The second kappa shape index (κ2) is 87.0. The number of phosphoric ester groups is 2. The van der Waals surface area contributed by atoms with Gasteiger partial charge in [-0.1, -0.05) is 472 Å². The van der Waals surface area contributed by atoms with Crippen LogP contribution in [-0.4, -0.2) is 96.7 Å². The number of phosphoric acid groups is 2. The zero-order valence-corrected chi connectivity index (χ0v) is 77.9. The molecule has 0 aliphatic heterocycles. The lowest BCUT2D eigenvalue weighted by Crippen LogP contribution is -2.30. The van der Waals surface area contributed by atoms with E-state index in [2.05, 4.69) is 41.5 Å². The molecule has 0 saturated carbocycles. The van der Waals surface area contributed by atoms with Crippen LogP contribution in [0.25, 0.3) is 0 Å². The number of carbonyl (C=O) groups is 4. The Morgan fingerprint density at radius 3 is 0.661 bits per heavy atom. The molecule has 0 heterocycles. The minimum atomic E-state index is -4.97. The Bertz CT molecular complexity index is 2190. The zero-order valence-electron chi connectivity index (χ0n) is 76.1. The average Bonchev–Trinajstić information content (AvgIpc) is 0.899. The number of ether oxygens (including phenoxy) is 4. The van der Waals surface area contributed by atoms with E-state index in [1.54, 1.807) is 0 Å². The molecule has 17 nitrogen and oxygen atoms in total. The van der Waals surface area contributed by atoms with Crippen molar-refractivity contribution in [3.63, 3.8) is 0 Å². The number of rotatable bonds is 95. The van der Waals surface area contributed by atoms with Gasteiger partial charge >= 0.3 is 39.5 Å². The summed E-state index contributed by atoms with van der Waals surface area (Å²) in [5.74, 6) is -0.476. The van der Waals surface area contributed by atoms with Crippen molar-refractivity contribution in [1.29, 1.82) is 0 Å². The third kappa shape index (κ3) is 88.2. The molecule has 19 heteroatoms. The first-order chi connectivity index (χ1) is 55.9. The largest absolute Gasteiger partial charge is 0.472 e. The normalized spacial score (nSPS) is 13.9. The summed E-state index contributed by atoms with van der Waals surface area (Å²) in [5.41, 5.74) is 0. The highest BCUT2D eigenvalue weighted by Gasteiger charge is 2.31. The Kier molecular flexibility index (Phi) is 85.5. The predicted octanol–water partition coefficient (Wildman–Crippen LogP) is 30.1. The zero-order chi connectivity index (χ0) is 84.1. The molecular formula is C96H188O17P2. The van der Waals surface area contributed by atoms with Crippen molar-refractivity contribution >= 4 is 39.5 Å². The molecule has 0 aromatic carbocycles. The molecule has 0 amide bonds. The molecule has 0 aliphatic carbocycles. The smallest absolute Gasteiger partial charge is 0.462 e. The molecule has 0 rings (SSSR count). The topological polar surface area (TPSA) is 237 Å². The standard InChI is InChI=1S/C96H188O17P2/c1-7-10-12-14-16-18-20-22-24-26-28-30-32-36-40-44-48-54-60-66-72-78-93(98)106-84-91(112-95(100)80-75-69-63-56-50-46-42-38-34-33-35-39-43-47-53-59-65-71-77-89(6)9-3)86-110-114(102,103)108-82-90(97)83-109-115(104,105)111-87-92(85-107-94(99)79-73-67-61-57-51-52-58-64-70-76-88(4)5)113-96(101)81-74-68-62-55-49-45-41-37-31-29-27-25-23-21-19-17-15-13-11-8-2/h88-92,97H,7-87H2,1-6H3,(H,102,103)(H,104,105)/t89?,90-,91-,92-/m1/s1. The van der Waals surface area contributed by atoms with Crippen LogP contribution in [0.5, 0.6) is 0 Å². The number of esters is 4. The van der Waals surface area contributed by atoms with E-state index >= 15 is 0 Å². The molecule has 0 fully saturated rings. The van der Waals surface area contributed by atoms with Crippen molar-refractivity contribution in [2.45, 2.75) is 541 Å². The minimum Gasteiger partial charge on any atom is -0.462 e. The number of aliphatic hydroxyl groups excluding tert-OH is 1. The predicted molar refractivity (Wildman–Crippen MR) is 478 cm³/mol. The molecule has 0 radical (unpaired) electrons. The van der Waals surface area contributed by atoms with Crippen molar-refractivity contribution < 1.29 is 80.2 Å². The fourth-order valence-electron chi connectivity index (χ4n) is 15.2. The van der Waals surface area contributed by atoms with Gasteiger partial charge in [0.05, 0.1) is 26.4 Å². The summed E-state index contributed by atoms with van der Waals surface area (Å²) in [6, 6.07) is 0. The van der Waals surface area contributed by atoms with Crippen molar-refractivity contribution in [2.24, 2.45) is 11.8 Å². The Morgan fingerprint density at radius 2 is 0.443 bits per heavy atom. The van der Waals surface area contributed by atoms with Gasteiger partial charge in [0.1, 0.15) is 19.3 Å². The average molecular weight is 1680 g/mol. The molecule has 115 heavy (non-hydrogen) atoms. The van der Waals surface area contributed by atoms with Gasteiger partial charge in [0.15, 0.2) is 12.2 Å². The second-order valence-electron chi connectivity index (χ2n) is 35.2. The van der Waals surface area contributed by atoms with Gasteiger partial charge in [-0.2, -0.15) is 0 Å². The Hall–Kier alpha value is -1.94. The van der Waals surface area contributed by atoms with Gasteiger partial charge in [0, 0.05) is 25.7 Å². The van der Waals surface area contributed by atoms with Gasteiger partial charge in [-0.05, 0) is 37.5 Å². The molecule has 684 valence electrons. The van der Waals surface area contributed by atoms with Crippen LogP contribution >= 0.6 is 15.6 Å². The van der Waals surface area contributed by atoms with E-state index in [-0.39, 0.29) is 25.7 Å². The highest BCUT2D eigenvalue weighted by molar-refractivity contribution is 7.47. The van der Waals surface area contributed by atoms with Crippen molar-refractivity contribution in [2.75, 3.05) is 39.6 Å². The van der Waals surface area contributed by atoms with Crippen LogP contribution in [0.2, 0.25) is 0 Å². The molecular weight excluding hydrogens is 1490 g/mol. The van der Waals surface area contributed by atoms with Gasteiger partial charge in [0.25, 0.3) is 0 Å². The van der Waals surface area contributed by atoms with Gasteiger partial charge in [-0.25, -0.2) is 9.13 Å². The lowest BCUT2D eigenvalue weighted by atomic mass is 9.99. The summed E-state index contributed by atoms with van der Waals surface area (Å²) in [4.78, 5) is 73.6. The molecule has 0 aromatic rings. The Labute approximate surface area is 708 Å². The first-order valence-corrected chi connectivity index (χ1v) is 52.5. The van der Waals surface area contributed by atoms with E-state index in [1.165, 1.54) is 340 Å². The first kappa shape index (κ1) is 113. The maximum atomic E-state index is 13.2. The summed E-state index contributed by atoms with van der Waals surface area (Å²) in [7, 11) is -9.94. The molecule has 6 atom stereocenters. The third-order valence-electron chi connectivity index (χ3n) is 23.1. The monoisotopic (exact) mass is 1680 g/mol. The van der Waals surface area contributed by atoms with Crippen LogP contribution in [0.3, 0.4) is 0 Å². The number of hydrogen-bond acceptors (Lipinski definition) is 15. The maximum absolute atomic E-state index is 13.2. The molecule has 0 aromatic heterocycles. The number of unbranched alkanes of at least 4 members (excludes halogenated alkanes) is 64. The van der Waals surface area contributed by atoms with Crippen molar-refractivity contribution in [3.05, 3.63) is 0 Å². The molecule has 3 unspecified atom stereocenters. The maximum Gasteiger partial charge on any atom is 0.472 e. The quantitative estimate of drug-likeness (QED) is 0.0222. The summed E-state index contributed by atoms with van der Waals surface area (Å²) in [5, 5.41) is 10.7. The molecule has 3 N–H and O–H groups in total. The van der Waals surface area contributed by atoms with Gasteiger partial charge in [0.2, 0.25) is 0 Å². The summed E-state index contributed by atoms with van der Waals surface area (Å²) < 4.78 is 69.2. The molecule has 0 saturated heterocycles. The van der Waals surface area contributed by atoms with Crippen LogP contribution in [0, 0.1) is 11.8 Å². The van der Waals surface area contributed by atoms with E-state index in [4.69, 9.17) is 37.0 Å². The van der Waals surface area contributed by atoms with Crippen LogP contribution in [0.1, 0.15) is 523 Å². The summed E-state index contributed by atoms with van der Waals surface area (Å²) in [6.45, 7) is 9.78. The highest BCUT2D eigenvalue weighted by atomic mass is 31.2. The van der Waals surface area contributed by atoms with Gasteiger partial charge in [-0.3, -0.25) is 37.3 Å². The number of aliphatic hydroxyl groups is 1. The van der Waals surface area contributed by atoms with Gasteiger partial charge in [-0.15, -0.1) is 0 Å². The molecule has 0 aliphatic rings. The van der Waals surface area contributed by atoms with E-state index < -0.39 is 97.5 Å². The molecule has 0 bridgehead atoms. The van der Waals surface area contributed by atoms with Crippen LogP contribution in [-0.2, 0) is 65.4 Å². The summed E-state index contributed by atoms with van der Waals surface area (Å²) >= 11 is 0.